The molecule has 0 radical (unpaired) electrons. The molecule has 1 aromatic carbocycles. The fraction of sp³-hybridized carbons (Fsp3) is 0.562. The van der Waals surface area contributed by atoms with Crippen LogP contribution in [0.4, 0.5) is 0 Å². The van der Waals surface area contributed by atoms with Crippen molar-refractivity contribution in [2.24, 2.45) is 23.3 Å². The van der Waals surface area contributed by atoms with Crippen LogP contribution in [0.3, 0.4) is 0 Å². The van der Waals surface area contributed by atoms with E-state index in [0.29, 0.717) is 16.5 Å². The third kappa shape index (κ3) is 22.3. The minimum Gasteiger partial charge on any atom is -0.481 e. The van der Waals surface area contributed by atoms with Crippen molar-refractivity contribution in [3.63, 3.8) is 0 Å². The van der Waals surface area contributed by atoms with Crippen LogP contribution in [-0.2, 0) is 68.7 Å². The smallest absolute Gasteiger partial charge is 0.326 e. The van der Waals surface area contributed by atoms with E-state index in [-0.39, 0.29) is 18.8 Å². The van der Waals surface area contributed by atoms with Crippen molar-refractivity contribution in [3.05, 3.63) is 36.0 Å². The Hall–Kier alpha value is -8.29. The molecule has 0 saturated carbocycles. The van der Waals surface area contributed by atoms with Crippen LogP contribution in [0.1, 0.15) is 73.3 Å². The van der Waals surface area contributed by atoms with E-state index in [9.17, 15) is 87.9 Å². The number of hydrogen-bond donors (Lipinski definition) is 18. The first-order chi connectivity index (χ1) is 36.9. The van der Waals surface area contributed by atoms with Crippen LogP contribution in [-0.4, -0.2) is 194 Å². The van der Waals surface area contributed by atoms with Crippen molar-refractivity contribution in [2.45, 2.75) is 141 Å². The minimum absolute atomic E-state index is 0.167. The van der Waals surface area contributed by atoms with Gasteiger partial charge in [0.25, 0.3) is 0 Å². The Morgan fingerprint density at radius 3 is 1.54 bits per heavy atom. The minimum atomic E-state index is -2.07. The number of para-hydroxylation sites is 1. The number of primary amides is 1. The number of aliphatic carboxylic acids is 2. The second kappa shape index (κ2) is 31.8. The first-order valence-electron chi connectivity index (χ1n) is 24.8. The molecule has 0 aliphatic rings. The number of nitrogens with one attached hydrogen (secondary N) is 11. The molecule has 0 unspecified atom stereocenters. The Kier molecular flexibility index (Phi) is 26.9. The summed E-state index contributed by atoms with van der Waals surface area (Å²) in [5.74, 6) is -16.1. The zero-order chi connectivity index (χ0) is 60.0. The van der Waals surface area contributed by atoms with Gasteiger partial charge in [0, 0.05) is 23.5 Å². The molecule has 1 aromatic heterocycles. The first kappa shape index (κ1) is 66.8. The second-order valence-corrected chi connectivity index (χ2v) is 19.3. The van der Waals surface area contributed by atoms with E-state index in [4.69, 9.17) is 11.5 Å². The lowest BCUT2D eigenvalue weighted by Crippen LogP contribution is -2.63. The third-order valence-corrected chi connectivity index (χ3v) is 11.6. The van der Waals surface area contributed by atoms with E-state index in [2.05, 4.69) is 58.2 Å². The zero-order valence-electron chi connectivity index (χ0n) is 44.5. The summed E-state index contributed by atoms with van der Waals surface area (Å²) < 4.78 is 0. The molecule has 0 aliphatic heterocycles. The molecule has 11 amide bonds. The number of carbonyl (C=O) groups excluding carboxylic acids is 11. The van der Waals surface area contributed by atoms with Crippen molar-refractivity contribution in [1.82, 2.24) is 58.2 Å². The highest BCUT2D eigenvalue weighted by atomic mass is 16.4. The average Bonchev–Trinajstić information content (AvgIpc) is 3.78. The molecule has 11 atom stereocenters. The number of fused-ring (bicyclic) bond motifs is 1. The summed E-state index contributed by atoms with van der Waals surface area (Å²) in [6, 6.07) is -8.24. The Bertz CT molecular complexity index is 2530. The Morgan fingerprint density at radius 1 is 0.544 bits per heavy atom. The lowest BCUT2D eigenvalue weighted by atomic mass is 10.0. The largest absolute Gasteiger partial charge is 0.481 e. The lowest BCUT2D eigenvalue weighted by molar-refractivity contribution is -0.143. The third-order valence-electron chi connectivity index (χ3n) is 11.6. The summed E-state index contributed by atoms with van der Waals surface area (Å²) in [4.78, 5) is 171. The van der Waals surface area contributed by atoms with Crippen molar-refractivity contribution in [1.29, 1.82) is 0 Å². The molecule has 2 rings (SSSR count). The molecule has 1 heterocycles. The van der Waals surface area contributed by atoms with Gasteiger partial charge in [0.2, 0.25) is 65.0 Å². The van der Waals surface area contributed by atoms with Gasteiger partial charge in [-0.3, -0.25) is 57.5 Å². The molecule has 0 bridgehead atoms. The predicted molar refractivity (Wildman–Crippen MR) is 276 cm³/mol. The number of carbonyl (C=O) groups is 13. The van der Waals surface area contributed by atoms with Crippen LogP contribution >= 0.6 is 0 Å². The normalized spacial score (nSPS) is 15.4. The van der Waals surface area contributed by atoms with Crippen molar-refractivity contribution >= 4 is 87.8 Å². The summed E-state index contributed by atoms with van der Waals surface area (Å²) in [7, 11) is 0. The number of aliphatic hydroxyl groups excluding tert-OH is 3. The maximum atomic E-state index is 14.1. The van der Waals surface area contributed by atoms with E-state index < -0.39 is 182 Å². The zero-order valence-corrected chi connectivity index (χ0v) is 44.5. The van der Waals surface area contributed by atoms with E-state index >= 15 is 0 Å². The highest BCUT2D eigenvalue weighted by Crippen LogP contribution is 2.20. The van der Waals surface area contributed by atoms with Gasteiger partial charge in [-0.25, -0.2) is 4.79 Å². The number of aromatic amines is 1. The number of carboxylic acid groups (broad SMARTS) is 2. The SMILES string of the molecule is CC(C)C[C@H](NC(=O)[C@H](CC(N)=O)NC(=O)[C@@H](NC(=O)[C@H](CC(=O)O)NC(=O)[C@H](Cc1c[nH]c2ccccc12)NC(=O)[C@@H](NC(=O)[C@H](C)N)[C@@H](C)O)[C@@H](C)O)C(=O)N[C@@H](CO)C(=O)NCC(=O)NCC(=O)N[C@H](C(=O)O)C(C)C. The Balaban J connectivity index is 2.32. The molecule has 438 valence electrons. The van der Waals surface area contributed by atoms with Gasteiger partial charge in [-0.05, 0) is 50.7 Å². The fourth-order valence-corrected chi connectivity index (χ4v) is 7.38. The fourth-order valence-electron chi connectivity index (χ4n) is 7.38. The van der Waals surface area contributed by atoms with Crippen molar-refractivity contribution in [3.8, 4) is 0 Å². The molecule has 0 fully saturated rings. The monoisotopic (exact) mass is 1120 g/mol. The summed E-state index contributed by atoms with van der Waals surface area (Å²) in [6.45, 7) is 7.37. The van der Waals surface area contributed by atoms with E-state index in [0.717, 1.165) is 6.92 Å². The molecule has 31 nitrogen and oxygen atoms in total. The number of rotatable bonds is 33. The molecule has 0 saturated heterocycles. The number of carboxylic acids is 2. The van der Waals surface area contributed by atoms with Crippen LogP contribution < -0.4 is 64.6 Å². The van der Waals surface area contributed by atoms with Gasteiger partial charge >= 0.3 is 11.9 Å². The van der Waals surface area contributed by atoms with Crippen LogP contribution in [0.25, 0.3) is 10.9 Å². The molecule has 31 heteroatoms. The van der Waals surface area contributed by atoms with Gasteiger partial charge in [0.15, 0.2) is 0 Å². The van der Waals surface area contributed by atoms with E-state index in [1.54, 1.807) is 52.0 Å². The first-order valence-corrected chi connectivity index (χ1v) is 24.8. The number of aromatic nitrogens is 1. The number of aliphatic hydroxyl groups is 3. The number of benzene rings is 1. The van der Waals surface area contributed by atoms with Crippen LogP contribution in [0.5, 0.6) is 0 Å². The lowest BCUT2D eigenvalue weighted by Gasteiger charge is -2.28. The second-order valence-electron chi connectivity index (χ2n) is 19.3. The maximum absolute atomic E-state index is 14.1. The van der Waals surface area contributed by atoms with Crippen molar-refractivity contribution in [2.75, 3.05) is 19.7 Å². The number of nitrogens with two attached hydrogens (primary N) is 2. The summed E-state index contributed by atoms with van der Waals surface area (Å²) in [6.07, 6.45) is -4.47. The van der Waals surface area contributed by atoms with Gasteiger partial charge in [0.1, 0.15) is 48.3 Å². The molecular weight excluding hydrogens is 1050 g/mol. The number of hydrogen-bond acceptors (Lipinski definition) is 17. The molecule has 0 spiro atoms. The van der Waals surface area contributed by atoms with Crippen LogP contribution in [0.15, 0.2) is 30.5 Å². The Morgan fingerprint density at radius 2 is 1.03 bits per heavy atom. The van der Waals surface area contributed by atoms with Crippen LogP contribution in [0, 0.1) is 11.8 Å². The van der Waals surface area contributed by atoms with E-state index in [1.165, 1.54) is 20.0 Å². The molecule has 2 aromatic rings. The summed E-state index contributed by atoms with van der Waals surface area (Å²) in [5.41, 5.74) is 12.1. The standard InChI is InChI=1S/C48H73N13O18/c1-20(2)12-28(42(72)58-32(19-62)41(71)53-17-34(66)52-18-35(67)59-37(21(3)4)48(78)79)54-44(74)30(14-33(50)65)57-47(77)39(24(7)64)61-45(75)31(15-36(68)69)55-43(73)29(13-25-16-51-27-11-9-8-10-26(25)27)56-46(76)38(23(6)63)60-40(70)22(5)49/h8-11,16,20-24,28-32,37-39,51,62-64H,12-15,17-19,49H2,1-7H3,(H2,50,65)(H,52,66)(H,53,71)(H,54,74)(H,55,73)(H,56,76)(H,57,77)(H,58,72)(H,59,67)(H,60,70)(H,61,75)(H,68,69)(H,78,79)/t22-,23+,24+,28-,29-,30-,31-,32-,37-,38-,39-/m0/s1. The molecule has 79 heavy (non-hydrogen) atoms. The van der Waals surface area contributed by atoms with Gasteiger partial charge < -0.3 is 95.2 Å². The molecule has 20 N–H and O–H groups in total. The topological polar surface area (TPSA) is 511 Å². The van der Waals surface area contributed by atoms with Gasteiger partial charge in [0.05, 0.1) is 50.8 Å². The van der Waals surface area contributed by atoms with Gasteiger partial charge in [-0.15, -0.1) is 0 Å². The maximum Gasteiger partial charge on any atom is 0.326 e. The van der Waals surface area contributed by atoms with Gasteiger partial charge in [-0.2, -0.15) is 0 Å². The highest BCUT2D eigenvalue weighted by molar-refractivity contribution is 6.00. The van der Waals surface area contributed by atoms with Gasteiger partial charge in [-0.1, -0.05) is 45.9 Å². The molecule has 0 aliphatic carbocycles. The van der Waals surface area contributed by atoms with E-state index in [1.807, 2.05) is 0 Å². The number of H-pyrrole nitrogens is 1. The average molecular weight is 1120 g/mol. The predicted octanol–water partition coefficient (Wildman–Crippen LogP) is -6.94. The summed E-state index contributed by atoms with van der Waals surface area (Å²) in [5, 5.41) is 73.0. The quantitative estimate of drug-likeness (QED) is 0.0316. The van der Waals surface area contributed by atoms with Crippen LogP contribution in [0.2, 0.25) is 0 Å². The Labute approximate surface area is 452 Å². The number of amides is 11. The highest BCUT2D eigenvalue weighted by Gasteiger charge is 2.38. The van der Waals surface area contributed by atoms with Crippen molar-refractivity contribution < 1.29 is 87.9 Å². The summed E-state index contributed by atoms with van der Waals surface area (Å²) >= 11 is 0. The molecular formula is C48H73N13O18.